The van der Waals surface area contributed by atoms with E-state index in [0.29, 0.717) is 45.2 Å². The first-order chi connectivity index (χ1) is 36.3. The lowest BCUT2D eigenvalue weighted by atomic mass is 10.1. The number of ether oxygens (including phenoxy) is 5. The molecule has 0 aliphatic rings. The number of esters is 5. The van der Waals surface area contributed by atoms with Crippen LogP contribution in [0, 0.1) is 0 Å². The highest BCUT2D eigenvalue weighted by atomic mass is 16.6. The number of hydrogen-bond donors (Lipinski definition) is 0. The maximum absolute atomic E-state index is 14.1. The summed E-state index contributed by atoms with van der Waals surface area (Å²) in [6, 6.07) is -0.718. The first-order valence-electron chi connectivity index (χ1n) is 31.2. The molecule has 0 aromatic heterocycles. The molecule has 0 rings (SSSR count). The van der Waals surface area contributed by atoms with Gasteiger partial charge in [0.2, 0.25) is 5.91 Å². The van der Waals surface area contributed by atoms with Crippen LogP contribution in [0.15, 0.2) is 0 Å². The third kappa shape index (κ3) is 44.5. The van der Waals surface area contributed by atoms with Gasteiger partial charge in [-0.3, -0.25) is 28.8 Å². The number of carbonyl (C=O) groups is 6. The van der Waals surface area contributed by atoms with E-state index in [2.05, 4.69) is 41.5 Å². The fourth-order valence-corrected chi connectivity index (χ4v) is 9.55. The van der Waals surface area contributed by atoms with E-state index >= 15 is 0 Å². The average molecular weight is 1070 g/mol. The second-order valence-corrected chi connectivity index (χ2v) is 21.8. The molecule has 0 fully saturated rings. The van der Waals surface area contributed by atoms with Crippen LogP contribution in [0.1, 0.15) is 298 Å². The summed E-state index contributed by atoms with van der Waals surface area (Å²) >= 11 is 0. The highest BCUT2D eigenvalue weighted by Crippen LogP contribution is 2.20. The maximum atomic E-state index is 14.1. The Kier molecular flexibility index (Phi) is 49.3. The van der Waals surface area contributed by atoms with E-state index in [-0.39, 0.29) is 87.0 Å². The van der Waals surface area contributed by atoms with E-state index in [1.54, 1.807) is 4.90 Å². The van der Waals surface area contributed by atoms with Crippen LogP contribution < -0.4 is 0 Å². The molecule has 3 unspecified atom stereocenters. The fraction of sp³-hybridized carbons (Fsp3) is 0.903. The molecule has 1 amide bonds. The molecule has 75 heavy (non-hydrogen) atoms. The molecule has 0 saturated heterocycles. The number of hydrogen-bond acceptors (Lipinski definition) is 12. The van der Waals surface area contributed by atoms with E-state index in [1.807, 2.05) is 19.0 Å². The molecule has 0 radical (unpaired) electrons. The van der Waals surface area contributed by atoms with Crippen LogP contribution in [0.4, 0.5) is 0 Å². The van der Waals surface area contributed by atoms with Crippen molar-refractivity contribution < 1.29 is 52.5 Å². The standard InChI is InChI=1S/C62H116N2O11/c1-9-15-18-29-40-54(37-12-4)73-60(68)45-34-27-23-21-25-32-43-58(66)71-51-53(64(50-36-49-63(7)8)57(65)47-48-62(70)75-56(39-14-6)42-31-20-17-11-3)52-72-59(67)44-33-26-22-24-28-35-46-61(69)74-55(38-13-5)41-30-19-16-10-2/h53-56H,9-52H2,1-8H3. The van der Waals surface area contributed by atoms with Crippen molar-refractivity contribution in [2.75, 3.05) is 40.4 Å². The fourth-order valence-electron chi connectivity index (χ4n) is 9.55. The minimum absolute atomic E-state index is 0.0294. The van der Waals surface area contributed by atoms with Crippen molar-refractivity contribution in [3.8, 4) is 0 Å². The Morgan fingerprint density at radius 1 is 0.320 bits per heavy atom. The second-order valence-electron chi connectivity index (χ2n) is 21.8. The van der Waals surface area contributed by atoms with Crippen molar-refractivity contribution in [3.05, 3.63) is 0 Å². The largest absolute Gasteiger partial charge is 0.463 e. The Labute approximate surface area is 459 Å². The summed E-state index contributed by atoms with van der Waals surface area (Å²) in [7, 11) is 3.93. The minimum atomic E-state index is -0.718. The number of carbonyl (C=O) groups excluding carboxylic acids is 6. The van der Waals surface area contributed by atoms with Crippen LogP contribution in [0.25, 0.3) is 0 Å². The number of unbranched alkanes of at least 4 members (excludes halogenated alkanes) is 19. The van der Waals surface area contributed by atoms with Crippen LogP contribution in [0.5, 0.6) is 0 Å². The highest BCUT2D eigenvalue weighted by Gasteiger charge is 2.28. The lowest BCUT2D eigenvalue weighted by molar-refractivity contribution is -0.156. The predicted molar refractivity (Wildman–Crippen MR) is 304 cm³/mol. The zero-order valence-corrected chi connectivity index (χ0v) is 49.8. The Balaban J connectivity index is 5.37. The molecule has 0 aromatic carbocycles. The number of amides is 1. The van der Waals surface area contributed by atoms with Gasteiger partial charge in [-0.2, -0.15) is 0 Å². The van der Waals surface area contributed by atoms with Crippen molar-refractivity contribution in [1.82, 2.24) is 9.80 Å². The molecule has 0 saturated carbocycles. The predicted octanol–water partition coefficient (Wildman–Crippen LogP) is 15.3. The van der Waals surface area contributed by atoms with Crippen molar-refractivity contribution >= 4 is 35.8 Å². The minimum Gasteiger partial charge on any atom is -0.463 e. The van der Waals surface area contributed by atoms with Gasteiger partial charge in [0.15, 0.2) is 0 Å². The molecule has 440 valence electrons. The summed E-state index contributed by atoms with van der Waals surface area (Å²) in [4.78, 5) is 82.2. The van der Waals surface area contributed by atoms with E-state index in [1.165, 1.54) is 38.5 Å². The molecular weight excluding hydrogens is 949 g/mol. The van der Waals surface area contributed by atoms with Crippen molar-refractivity contribution in [2.24, 2.45) is 0 Å². The summed E-state index contributed by atoms with van der Waals surface area (Å²) in [5, 5.41) is 0. The van der Waals surface area contributed by atoms with Gasteiger partial charge < -0.3 is 33.5 Å². The van der Waals surface area contributed by atoms with Crippen LogP contribution >= 0.6 is 0 Å². The van der Waals surface area contributed by atoms with Gasteiger partial charge in [0.1, 0.15) is 31.5 Å². The van der Waals surface area contributed by atoms with Crippen LogP contribution in [0.3, 0.4) is 0 Å². The Morgan fingerprint density at radius 3 is 0.973 bits per heavy atom. The Morgan fingerprint density at radius 2 is 0.640 bits per heavy atom. The molecule has 0 bridgehead atoms. The first kappa shape index (κ1) is 71.8. The normalized spacial score (nSPS) is 13.0. The van der Waals surface area contributed by atoms with Gasteiger partial charge in [-0.15, -0.1) is 0 Å². The lowest BCUT2D eigenvalue weighted by Gasteiger charge is -2.32. The zero-order chi connectivity index (χ0) is 55.6. The highest BCUT2D eigenvalue weighted by molar-refractivity contribution is 5.82. The van der Waals surface area contributed by atoms with Gasteiger partial charge in [-0.1, -0.05) is 170 Å². The van der Waals surface area contributed by atoms with E-state index in [9.17, 15) is 28.8 Å². The van der Waals surface area contributed by atoms with Gasteiger partial charge in [0.25, 0.3) is 0 Å². The van der Waals surface area contributed by atoms with Gasteiger partial charge in [-0.25, -0.2) is 0 Å². The number of nitrogens with zero attached hydrogens (tertiary/aromatic N) is 2. The summed E-state index contributed by atoms with van der Waals surface area (Å²) < 4.78 is 29.1. The van der Waals surface area contributed by atoms with Crippen molar-refractivity contribution in [1.29, 1.82) is 0 Å². The molecule has 0 aliphatic carbocycles. The Hall–Kier alpha value is -3.22. The van der Waals surface area contributed by atoms with E-state index < -0.39 is 12.0 Å². The molecule has 0 aromatic rings. The molecule has 0 spiro atoms. The average Bonchev–Trinajstić information content (AvgIpc) is 3.37. The summed E-state index contributed by atoms with van der Waals surface area (Å²) in [6.45, 7) is 13.7. The second kappa shape index (κ2) is 51.5. The molecule has 13 heteroatoms. The summed E-state index contributed by atoms with van der Waals surface area (Å²) in [6.07, 6.45) is 34.1. The van der Waals surface area contributed by atoms with Gasteiger partial charge in [0, 0.05) is 38.6 Å². The van der Waals surface area contributed by atoms with Crippen LogP contribution in [-0.2, 0) is 52.5 Å². The molecular formula is C62H116N2O11. The molecule has 0 heterocycles. The lowest BCUT2D eigenvalue weighted by Crippen LogP contribution is -2.47. The van der Waals surface area contributed by atoms with E-state index in [4.69, 9.17) is 23.7 Å². The maximum Gasteiger partial charge on any atom is 0.306 e. The third-order valence-electron chi connectivity index (χ3n) is 14.1. The van der Waals surface area contributed by atoms with Crippen LogP contribution in [0.2, 0.25) is 0 Å². The van der Waals surface area contributed by atoms with Gasteiger partial charge >= 0.3 is 29.8 Å². The quantitative estimate of drug-likeness (QED) is 0.0323. The smallest absolute Gasteiger partial charge is 0.306 e. The van der Waals surface area contributed by atoms with Crippen molar-refractivity contribution in [2.45, 2.75) is 323 Å². The SMILES string of the molecule is CCCCCCC(CCC)OC(=O)CCCCCCCCC(=O)OCC(COC(=O)CCCCCCCCC(=O)OC(CCC)CCCCCC)N(CCCN(C)C)C(=O)CCC(=O)OC(CCC)CCCCCC. The van der Waals surface area contributed by atoms with Crippen molar-refractivity contribution in [3.63, 3.8) is 0 Å². The number of rotatable bonds is 54. The first-order valence-corrected chi connectivity index (χ1v) is 31.2. The third-order valence-corrected chi connectivity index (χ3v) is 14.1. The molecule has 3 atom stereocenters. The summed E-state index contributed by atoms with van der Waals surface area (Å²) in [5.41, 5.74) is 0. The summed E-state index contributed by atoms with van der Waals surface area (Å²) in [5.74, 6) is -1.59. The monoisotopic (exact) mass is 1060 g/mol. The van der Waals surface area contributed by atoms with Crippen LogP contribution in [-0.4, -0.2) is 110 Å². The van der Waals surface area contributed by atoms with E-state index in [0.717, 1.165) is 161 Å². The van der Waals surface area contributed by atoms with Gasteiger partial charge in [0.05, 0.1) is 12.5 Å². The zero-order valence-electron chi connectivity index (χ0n) is 49.8. The molecule has 0 aliphatic heterocycles. The Bertz CT molecular complexity index is 1340. The van der Waals surface area contributed by atoms with Gasteiger partial charge in [-0.05, 0) is 111 Å². The topological polar surface area (TPSA) is 155 Å². The molecule has 13 nitrogen and oxygen atoms in total. The molecule has 0 N–H and O–H groups in total.